The van der Waals surface area contributed by atoms with Crippen LogP contribution in [0, 0.1) is 13.8 Å². The van der Waals surface area contributed by atoms with E-state index in [1.807, 2.05) is 38.1 Å². The van der Waals surface area contributed by atoms with E-state index in [-0.39, 0.29) is 11.7 Å². The third kappa shape index (κ3) is 4.23. The van der Waals surface area contributed by atoms with Gasteiger partial charge in [-0.25, -0.2) is 0 Å². The maximum Gasteiger partial charge on any atom is 0.234 e. The molecule has 0 aliphatic heterocycles. The van der Waals surface area contributed by atoms with E-state index in [1.54, 1.807) is 0 Å². The molecule has 0 radical (unpaired) electrons. The first-order valence-electron chi connectivity index (χ1n) is 10.5. The molecular weight excluding hydrogens is 406 g/mol. The van der Waals surface area contributed by atoms with Crippen molar-refractivity contribution in [2.45, 2.75) is 45.9 Å². The van der Waals surface area contributed by atoms with Crippen LogP contribution in [0.4, 0.5) is 5.69 Å². The first-order valence-corrected chi connectivity index (χ1v) is 11.5. The van der Waals surface area contributed by atoms with E-state index < -0.39 is 0 Å². The number of anilines is 1. The molecule has 2 aromatic heterocycles. The number of benzene rings is 2. The Morgan fingerprint density at radius 2 is 1.87 bits per heavy atom. The number of aromatic nitrogens is 4. The number of para-hydroxylation sites is 1. The fraction of sp³-hybridized carbons (Fsp3) is 0.292. The van der Waals surface area contributed by atoms with Gasteiger partial charge in [-0.1, -0.05) is 42.1 Å². The second kappa shape index (κ2) is 8.98. The Morgan fingerprint density at radius 3 is 2.65 bits per heavy atom. The van der Waals surface area contributed by atoms with Crippen molar-refractivity contribution in [1.29, 1.82) is 0 Å². The van der Waals surface area contributed by atoms with Crippen molar-refractivity contribution in [3.05, 3.63) is 59.8 Å². The van der Waals surface area contributed by atoms with E-state index in [1.165, 1.54) is 17.3 Å². The van der Waals surface area contributed by atoms with Crippen LogP contribution >= 0.6 is 11.8 Å². The molecule has 160 valence electrons. The van der Waals surface area contributed by atoms with E-state index >= 15 is 0 Å². The maximum absolute atomic E-state index is 12.5. The van der Waals surface area contributed by atoms with Gasteiger partial charge in [0.25, 0.3) is 0 Å². The number of amides is 1. The molecular formula is C24H27N5OS. The molecule has 4 rings (SSSR count). The molecule has 4 aromatic rings. The van der Waals surface area contributed by atoms with Crippen LogP contribution in [-0.2, 0) is 17.9 Å². The van der Waals surface area contributed by atoms with Gasteiger partial charge in [0.1, 0.15) is 0 Å². The Labute approximate surface area is 186 Å². The standard InChI is InChI=1S/C24H27N5OS/c1-5-28-14-19(18-9-7-8-10-21(18)28)23-26-27-24(29(23)6-2)31-15-22(30)25-20-13-16(3)11-12-17(20)4/h7-14H,5-6,15H2,1-4H3,(H,25,30). The van der Waals surface area contributed by atoms with Crippen LogP contribution in [0.3, 0.4) is 0 Å². The van der Waals surface area contributed by atoms with Crippen LogP contribution in [0.2, 0.25) is 0 Å². The van der Waals surface area contributed by atoms with Crippen LogP contribution in [0.5, 0.6) is 0 Å². The molecule has 0 spiro atoms. The number of fused-ring (bicyclic) bond motifs is 1. The quantitative estimate of drug-likeness (QED) is 0.402. The number of carbonyl (C=O) groups is 1. The fourth-order valence-electron chi connectivity index (χ4n) is 3.75. The van der Waals surface area contributed by atoms with Crippen molar-refractivity contribution in [3.63, 3.8) is 0 Å². The van der Waals surface area contributed by atoms with E-state index in [0.29, 0.717) is 0 Å². The van der Waals surface area contributed by atoms with Gasteiger partial charge in [-0.2, -0.15) is 0 Å². The smallest absolute Gasteiger partial charge is 0.234 e. The Balaban J connectivity index is 1.55. The summed E-state index contributed by atoms with van der Waals surface area (Å²) in [6.07, 6.45) is 2.14. The molecule has 31 heavy (non-hydrogen) atoms. The lowest BCUT2D eigenvalue weighted by molar-refractivity contribution is -0.113. The summed E-state index contributed by atoms with van der Waals surface area (Å²) in [5, 5.41) is 13.8. The van der Waals surface area contributed by atoms with E-state index in [9.17, 15) is 4.79 Å². The lowest BCUT2D eigenvalue weighted by atomic mass is 10.1. The van der Waals surface area contributed by atoms with Gasteiger partial charge in [-0.3, -0.25) is 4.79 Å². The number of hydrogen-bond acceptors (Lipinski definition) is 4. The zero-order valence-corrected chi connectivity index (χ0v) is 19.2. The first-order chi connectivity index (χ1) is 15.0. The molecule has 0 unspecified atom stereocenters. The van der Waals surface area contributed by atoms with Gasteiger partial charge in [0.2, 0.25) is 5.91 Å². The zero-order chi connectivity index (χ0) is 22.0. The highest BCUT2D eigenvalue weighted by Gasteiger charge is 2.18. The highest BCUT2D eigenvalue weighted by atomic mass is 32.2. The Bertz CT molecular complexity index is 1240. The SMILES string of the molecule is CCn1c(SCC(=O)Nc2cc(C)ccc2C)nnc1-c1cn(CC)c2ccccc12. The Kier molecular flexibility index (Phi) is 6.13. The fourth-order valence-corrected chi connectivity index (χ4v) is 4.56. The molecule has 6 nitrogen and oxygen atoms in total. The van der Waals surface area contributed by atoms with Gasteiger partial charge < -0.3 is 14.5 Å². The van der Waals surface area contributed by atoms with Crippen molar-refractivity contribution in [3.8, 4) is 11.4 Å². The molecule has 7 heteroatoms. The summed E-state index contributed by atoms with van der Waals surface area (Å²) in [6, 6.07) is 14.4. The molecule has 0 aliphatic rings. The molecule has 0 fully saturated rings. The number of nitrogens with zero attached hydrogens (tertiary/aromatic N) is 4. The minimum absolute atomic E-state index is 0.0477. The summed E-state index contributed by atoms with van der Waals surface area (Å²) >= 11 is 1.41. The summed E-state index contributed by atoms with van der Waals surface area (Å²) in [6.45, 7) is 9.85. The summed E-state index contributed by atoms with van der Waals surface area (Å²) in [7, 11) is 0. The van der Waals surface area contributed by atoms with Gasteiger partial charge in [0.05, 0.1) is 5.75 Å². The normalized spacial score (nSPS) is 11.2. The van der Waals surface area contributed by atoms with Gasteiger partial charge in [-0.15, -0.1) is 10.2 Å². The summed E-state index contributed by atoms with van der Waals surface area (Å²) in [4.78, 5) is 12.5. The predicted octanol–water partition coefficient (Wildman–Crippen LogP) is 5.29. The van der Waals surface area contributed by atoms with Crippen LogP contribution in [-0.4, -0.2) is 31.0 Å². The lowest BCUT2D eigenvalue weighted by Gasteiger charge is -2.10. The number of carbonyl (C=O) groups excluding carboxylic acids is 1. The average molecular weight is 434 g/mol. The largest absolute Gasteiger partial charge is 0.347 e. The van der Waals surface area contributed by atoms with E-state index in [4.69, 9.17) is 0 Å². The van der Waals surface area contributed by atoms with Crippen molar-refractivity contribution in [2.75, 3.05) is 11.1 Å². The minimum atomic E-state index is -0.0477. The third-order valence-electron chi connectivity index (χ3n) is 5.40. The zero-order valence-electron chi connectivity index (χ0n) is 18.3. The second-order valence-corrected chi connectivity index (χ2v) is 8.49. The molecule has 1 amide bonds. The van der Waals surface area contributed by atoms with E-state index in [0.717, 1.165) is 51.8 Å². The Morgan fingerprint density at radius 1 is 1.06 bits per heavy atom. The van der Waals surface area contributed by atoms with E-state index in [2.05, 4.69) is 62.9 Å². The average Bonchev–Trinajstić information content (AvgIpc) is 3.35. The number of aryl methyl sites for hydroxylation is 3. The third-order valence-corrected chi connectivity index (χ3v) is 6.37. The summed E-state index contributed by atoms with van der Waals surface area (Å²) < 4.78 is 4.31. The van der Waals surface area contributed by atoms with Crippen LogP contribution in [0.1, 0.15) is 25.0 Å². The highest BCUT2D eigenvalue weighted by Crippen LogP contribution is 2.31. The lowest BCUT2D eigenvalue weighted by Crippen LogP contribution is -2.15. The van der Waals surface area contributed by atoms with Gasteiger partial charge >= 0.3 is 0 Å². The predicted molar refractivity (Wildman–Crippen MR) is 128 cm³/mol. The number of hydrogen-bond donors (Lipinski definition) is 1. The minimum Gasteiger partial charge on any atom is -0.347 e. The molecule has 0 aliphatic carbocycles. The number of nitrogens with one attached hydrogen (secondary N) is 1. The monoisotopic (exact) mass is 433 g/mol. The van der Waals surface area contributed by atoms with Crippen LogP contribution < -0.4 is 5.32 Å². The molecule has 2 aromatic carbocycles. The maximum atomic E-state index is 12.5. The Hall–Kier alpha value is -3.06. The number of thioether (sulfide) groups is 1. The molecule has 1 N–H and O–H groups in total. The van der Waals surface area contributed by atoms with Crippen LogP contribution in [0.25, 0.3) is 22.3 Å². The molecule has 0 bridgehead atoms. The second-order valence-electron chi connectivity index (χ2n) is 7.55. The molecule has 0 saturated heterocycles. The van der Waals surface area contributed by atoms with Crippen molar-refractivity contribution in [1.82, 2.24) is 19.3 Å². The molecule has 0 saturated carbocycles. The number of rotatable bonds is 7. The summed E-state index contributed by atoms with van der Waals surface area (Å²) in [5.41, 5.74) is 5.28. The van der Waals surface area contributed by atoms with Crippen LogP contribution in [0.15, 0.2) is 53.8 Å². The van der Waals surface area contributed by atoms with Crippen molar-refractivity contribution < 1.29 is 4.79 Å². The van der Waals surface area contributed by atoms with Crippen molar-refractivity contribution >= 4 is 34.3 Å². The first kappa shape index (κ1) is 21.2. The molecule has 0 atom stereocenters. The van der Waals surface area contributed by atoms with Gasteiger partial charge in [-0.05, 0) is 51.0 Å². The topological polar surface area (TPSA) is 64.7 Å². The van der Waals surface area contributed by atoms with Crippen molar-refractivity contribution in [2.24, 2.45) is 0 Å². The van der Waals surface area contributed by atoms with Gasteiger partial charge in [0, 0.05) is 41.4 Å². The molecule has 2 heterocycles. The summed E-state index contributed by atoms with van der Waals surface area (Å²) in [5.74, 6) is 1.07. The highest BCUT2D eigenvalue weighted by molar-refractivity contribution is 7.99. The van der Waals surface area contributed by atoms with Gasteiger partial charge in [0.15, 0.2) is 11.0 Å².